The largest absolute Gasteiger partial charge is 0.286 e. The molecular formula is C23H22N4O4. The molecule has 0 fully saturated rings. The van der Waals surface area contributed by atoms with Crippen molar-refractivity contribution in [1.82, 2.24) is 15.8 Å². The zero-order valence-electron chi connectivity index (χ0n) is 16.7. The molecule has 2 amide bonds. The van der Waals surface area contributed by atoms with Gasteiger partial charge in [0.05, 0.1) is 11.5 Å². The first kappa shape index (κ1) is 21.7. The molecule has 3 rings (SSSR count). The van der Waals surface area contributed by atoms with Crippen molar-refractivity contribution in [2.75, 3.05) is 6.54 Å². The second-order valence-corrected chi connectivity index (χ2v) is 6.92. The van der Waals surface area contributed by atoms with Crippen molar-refractivity contribution in [2.24, 2.45) is 0 Å². The molecule has 3 aromatic carbocycles. The van der Waals surface area contributed by atoms with E-state index in [0.717, 1.165) is 11.1 Å². The molecule has 8 heteroatoms. The first-order valence-electron chi connectivity index (χ1n) is 9.65. The topological polar surface area (TPSA) is 105 Å². The third-order valence-electron chi connectivity index (χ3n) is 4.52. The number of rotatable bonds is 8. The summed E-state index contributed by atoms with van der Waals surface area (Å²) in [6, 6.07) is 24.7. The normalized spacial score (nSPS) is 10.5. The lowest BCUT2D eigenvalue weighted by Gasteiger charge is -2.22. The molecule has 0 aliphatic rings. The van der Waals surface area contributed by atoms with Crippen molar-refractivity contribution in [3.8, 4) is 0 Å². The van der Waals surface area contributed by atoms with Crippen LogP contribution in [0.5, 0.6) is 0 Å². The molecule has 0 aliphatic carbocycles. The molecule has 0 saturated carbocycles. The smallest absolute Gasteiger partial charge is 0.269 e. The summed E-state index contributed by atoms with van der Waals surface area (Å²) in [5.74, 6) is -0.928. The number of hydrogen-bond donors (Lipinski definition) is 2. The van der Waals surface area contributed by atoms with E-state index in [1.807, 2.05) is 65.6 Å². The fraction of sp³-hybridized carbons (Fsp3) is 0.130. The van der Waals surface area contributed by atoms with Crippen LogP contribution in [0.4, 0.5) is 5.69 Å². The van der Waals surface area contributed by atoms with Crippen LogP contribution >= 0.6 is 0 Å². The van der Waals surface area contributed by atoms with Gasteiger partial charge in [-0.15, -0.1) is 0 Å². The quantitative estimate of drug-likeness (QED) is 0.432. The summed E-state index contributed by atoms with van der Waals surface area (Å²) in [7, 11) is 0. The number of nitro groups is 1. The number of nitrogens with zero attached hydrogens (tertiary/aromatic N) is 2. The Kier molecular flexibility index (Phi) is 7.45. The molecule has 0 heterocycles. The first-order valence-corrected chi connectivity index (χ1v) is 9.65. The van der Waals surface area contributed by atoms with Crippen molar-refractivity contribution < 1.29 is 14.5 Å². The predicted octanol–water partition coefficient (Wildman–Crippen LogP) is 3.06. The fourth-order valence-electron chi connectivity index (χ4n) is 3.03. The Morgan fingerprint density at radius 3 is 1.77 bits per heavy atom. The van der Waals surface area contributed by atoms with Gasteiger partial charge in [-0.2, -0.15) is 0 Å². The molecule has 0 atom stereocenters. The third kappa shape index (κ3) is 6.76. The predicted molar refractivity (Wildman–Crippen MR) is 116 cm³/mol. The molecule has 0 aliphatic heterocycles. The highest BCUT2D eigenvalue weighted by Crippen LogP contribution is 2.12. The van der Waals surface area contributed by atoms with E-state index < -0.39 is 10.8 Å². The van der Waals surface area contributed by atoms with Crippen LogP contribution in [0.2, 0.25) is 0 Å². The molecular weight excluding hydrogens is 396 g/mol. The van der Waals surface area contributed by atoms with Crippen LogP contribution in [0.25, 0.3) is 0 Å². The van der Waals surface area contributed by atoms with Gasteiger partial charge in [0.2, 0.25) is 0 Å². The summed E-state index contributed by atoms with van der Waals surface area (Å²) in [5, 5.41) is 10.7. The van der Waals surface area contributed by atoms with Crippen LogP contribution in [0.1, 0.15) is 21.5 Å². The third-order valence-corrected chi connectivity index (χ3v) is 4.52. The molecule has 2 N–H and O–H groups in total. The fourth-order valence-corrected chi connectivity index (χ4v) is 3.03. The molecule has 3 aromatic rings. The summed E-state index contributed by atoms with van der Waals surface area (Å²) in [4.78, 5) is 36.8. The van der Waals surface area contributed by atoms with Gasteiger partial charge in [-0.3, -0.25) is 35.5 Å². The number of non-ortho nitro benzene ring substituents is 1. The van der Waals surface area contributed by atoms with Gasteiger partial charge in [0.25, 0.3) is 17.5 Å². The van der Waals surface area contributed by atoms with Crippen molar-refractivity contribution in [3.05, 3.63) is 112 Å². The Labute approximate surface area is 179 Å². The lowest BCUT2D eigenvalue weighted by Crippen LogP contribution is -2.46. The molecule has 0 bridgehead atoms. The minimum atomic E-state index is -0.555. The number of hydrazine groups is 1. The highest BCUT2D eigenvalue weighted by atomic mass is 16.6. The molecule has 0 saturated heterocycles. The maximum absolute atomic E-state index is 12.5. The molecule has 0 spiro atoms. The van der Waals surface area contributed by atoms with Crippen molar-refractivity contribution in [2.45, 2.75) is 13.1 Å². The number of hydrogen-bond acceptors (Lipinski definition) is 5. The van der Waals surface area contributed by atoms with Gasteiger partial charge < -0.3 is 0 Å². The minimum absolute atomic E-state index is 0.0737. The maximum atomic E-state index is 12.5. The molecule has 0 unspecified atom stereocenters. The van der Waals surface area contributed by atoms with E-state index in [0.29, 0.717) is 13.1 Å². The van der Waals surface area contributed by atoms with Gasteiger partial charge in [0.15, 0.2) is 0 Å². The summed E-state index contributed by atoms with van der Waals surface area (Å²) >= 11 is 0. The van der Waals surface area contributed by atoms with Crippen molar-refractivity contribution >= 4 is 17.5 Å². The highest BCUT2D eigenvalue weighted by molar-refractivity contribution is 5.95. The molecule has 0 aromatic heterocycles. The summed E-state index contributed by atoms with van der Waals surface area (Å²) < 4.78 is 0. The van der Waals surface area contributed by atoms with Crippen molar-refractivity contribution in [3.63, 3.8) is 0 Å². The van der Waals surface area contributed by atoms with E-state index in [4.69, 9.17) is 0 Å². The van der Waals surface area contributed by atoms with E-state index in [2.05, 4.69) is 10.9 Å². The Bertz CT molecular complexity index is 983. The van der Waals surface area contributed by atoms with Crippen LogP contribution < -0.4 is 10.9 Å². The average molecular weight is 418 g/mol. The van der Waals surface area contributed by atoms with E-state index in [-0.39, 0.29) is 23.7 Å². The first-order chi connectivity index (χ1) is 15.0. The van der Waals surface area contributed by atoms with Gasteiger partial charge in [-0.05, 0) is 23.3 Å². The molecule has 0 radical (unpaired) electrons. The van der Waals surface area contributed by atoms with Crippen LogP contribution in [0, 0.1) is 10.1 Å². The highest BCUT2D eigenvalue weighted by Gasteiger charge is 2.14. The number of nitrogens with one attached hydrogen (secondary N) is 2. The van der Waals surface area contributed by atoms with Crippen molar-refractivity contribution in [1.29, 1.82) is 0 Å². The number of carbonyl (C=O) groups is 2. The van der Waals surface area contributed by atoms with E-state index in [1.54, 1.807) is 0 Å². The zero-order valence-corrected chi connectivity index (χ0v) is 16.7. The Morgan fingerprint density at radius 2 is 1.29 bits per heavy atom. The number of amides is 2. The van der Waals surface area contributed by atoms with E-state index in [1.165, 1.54) is 24.3 Å². The summed E-state index contributed by atoms with van der Waals surface area (Å²) in [6.45, 7) is 1.21. The van der Waals surface area contributed by atoms with E-state index >= 15 is 0 Å². The molecule has 158 valence electrons. The Balaban J connectivity index is 1.58. The summed E-state index contributed by atoms with van der Waals surface area (Å²) in [6.07, 6.45) is 0. The van der Waals surface area contributed by atoms with Gasteiger partial charge in [-0.1, -0.05) is 60.7 Å². The Morgan fingerprint density at radius 1 is 0.774 bits per heavy atom. The van der Waals surface area contributed by atoms with Gasteiger partial charge in [0, 0.05) is 30.8 Å². The SMILES string of the molecule is O=C(CN(Cc1ccccc1)Cc1ccccc1)NNC(=O)c1ccc([N+](=O)[O-])cc1. The summed E-state index contributed by atoms with van der Waals surface area (Å²) in [5.41, 5.74) is 6.98. The number of carbonyl (C=O) groups excluding carboxylic acids is 2. The minimum Gasteiger partial charge on any atom is -0.286 e. The zero-order chi connectivity index (χ0) is 22.1. The second kappa shape index (κ2) is 10.7. The van der Waals surface area contributed by atoms with Crippen LogP contribution in [0.15, 0.2) is 84.9 Å². The molecule has 8 nitrogen and oxygen atoms in total. The second-order valence-electron chi connectivity index (χ2n) is 6.92. The maximum Gasteiger partial charge on any atom is 0.269 e. The number of benzene rings is 3. The Hall–Kier alpha value is -4.04. The molecule has 31 heavy (non-hydrogen) atoms. The average Bonchev–Trinajstić information content (AvgIpc) is 2.79. The monoisotopic (exact) mass is 418 g/mol. The van der Waals surface area contributed by atoms with E-state index in [9.17, 15) is 19.7 Å². The van der Waals surface area contributed by atoms with Crippen LogP contribution in [-0.4, -0.2) is 28.2 Å². The van der Waals surface area contributed by atoms with Crippen LogP contribution in [-0.2, 0) is 17.9 Å². The lowest BCUT2D eigenvalue weighted by atomic mass is 10.1. The number of nitro benzene ring substituents is 1. The van der Waals surface area contributed by atoms with Gasteiger partial charge >= 0.3 is 0 Å². The standard InChI is InChI=1S/C23H22N4O4/c28-22(24-25-23(29)20-11-13-21(14-12-20)27(30)31)17-26(15-18-7-3-1-4-8-18)16-19-9-5-2-6-10-19/h1-14H,15-17H2,(H,24,28)(H,25,29). The van der Waals surface area contributed by atoms with Gasteiger partial charge in [0.1, 0.15) is 0 Å². The lowest BCUT2D eigenvalue weighted by molar-refractivity contribution is -0.384. The van der Waals surface area contributed by atoms with Gasteiger partial charge in [-0.25, -0.2) is 0 Å². The van der Waals surface area contributed by atoms with Crippen LogP contribution in [0.3, 0.4) is 0 Å².